The third-order valence-electron chi connectivity index (χ3n) is 6.05. The van der Waals surface area contributed by atoms with E-state index in [1.54, 1.807) is 0 Å². The molecule has 50 heavy (non-hydrogen) atoms. The van der Waals surface area contributed by atoms with Crippen molar-refractivity contribution in [2.45, 2.75) is 14.7 Å². The van der Waals surface area contributed by atoms with Gasteiger partial charge in [0.1, 0.15) is 37.4 Å². The van der Waals surface area contributed by atoms with Gasteiger partial charge in [-0.1, -0.05) is 0 Å². The third-order valence-corrected chi connectivity index (χ3v) is 10.1. The molecule has 4 rings (SSSR count). The molecule has 0 fully saturated rings. The van der Waals surface area contributed by atoms with E-state index in [9.17, 15) is 47.9 Å². The molecule has 0 radical (unpaired) electrons. The quantitative estimate of drug-likeness (QED) is 0.0993. The van der Waals surface area contributed by atoms with E-state index in [1.165, 1.54) is 6.01 Å². The summed E-state index contributed by atoms with van der Waals surface area (Å²) >= 11 is 5.77. The van der Waals surface area contributed by atoms with Crippen LogP contribution in [0.5, 0.6) is 11.5 Å². The molecule has 0 amide bonds. The van der Waals surface area contributed by atoms with Crippen LogP contribution in [0.1, 0.15) is 0 Å². The van der Waals surface area contributed by atoms with Gasteiger partial charge < -0.3 is 34.7 Å². The van der Waals surface area contributed by atoms with Crippen LogP contribution in [0.2, 0.25) is 5.28 Å². The highest BCUT2D eigenvalue weighted by atomic mass is 35.5. The number of rotatable bonds is 13. The fourth-order valence-corrected chi connectivity index (χ4v) is 7.19. The molecule has 0 aliphatic heterocycles. The summed E-state index contributed by atoms with van der Waals surface area (Å²) in [6.07, 6.45) is 0. The molecule has 0 spiro atoms. The first-order chi connectivity index (χ1) is 23.1. The number of halogens is 1. The lowest BCUT2D eigenvalue weighted by Gasteiger charge is -2.20. The average molecular weight is 792 g/mol. The number of nitrogens with one attached hydrogen (secondary N) is 1. The Morgan fingerprint density at radius 3 is 2.26 bits per heavy atom. The molecule has 22 nitrogen and oxygen atoms in total. The number of anilines is 2. The molecule has 0 aliphatic carbocycles. The van der Waals surface area contributed by atoms with Crippen LogP contribution in [0.3, 0.4) is 0 Å². The van der Waals surface area contributed by atoms with Gasteiger partial charge in [0.25, 0.3) is 0 Å². The number of hydrogen-bond acceptors (Lipinski definition) is 20. The summed E-state index contributed by atoms with van der Waals surface area (Å²) < 4.78 is 139. The van der Waals surface area contributed by atoms with Crippen LogP contribution in [0, 0.1) is 0 Å². The highest BCUT2D eigenvalue weighted by molar-refractivity contribution is 7.91. The second-order valence-corrected chi connectivity index (χ2v) is 15.4. The number of aromatic hydroxyl groups is 1. The van der Waals surface area contributed by atoms with E-state index in [4.69, 9.17) is 26.3 Å². The van der Waals surface area contributed by atoms with E-state index >= 15 is 0 Å². The minimum Gasteiger partial charge on any atom is -0.744 e. The molecule has 3 N–H and O–H groups in total. The fraction of sp³-hybridized carbons (Fsp3) is 0.130. The number of aliphatic imine (C=N–C) groups is 1. The average Bonchev–Trinajstić information content (AvgIpc) is 2.98. The first kappa shape index (κ1) is 38.0. The standard InChI is InChI=1S/C23H18ClN8O14S4/c1-45-16-5-2-11(47(34,35)7-6-46-50(42,43)44)8-15(16)31-32-18-17(48(36,37)38)9-13-12(19(18)33)3-4-14(20(13)49(39,40)41)27-23-29-21(24)28-22(30-23)26-10-25/h2-5,8-9,33H,6-7H2,1H3,(H,36,37,38)(H,39,40,41)(H,42,43,44)(H,27,28,29,30)/q-1/p-2. The van der Waals surface area contributed by atoms with E-state index in [-0.39, 0.29) is 5.75 Å². The van der Waals surface area contributed by atoms with E-state index in [2.05, 4.69) is 39.7 Å². The molecule has 3 aromatic carbocycles. The van der Waals surface area contributed by atoms with Crippen molar-refractivity contribution in [3.05, 3.63) is 47.1 Å². The van der Waals surface area contributed by atoms with E-state index in [0.29, 0.717) is 6.07 Å². The summed E-state index contributed by atoms with van der Waals surface area (Å²) in [6, 6.07) is 6.64. The maximum Gasteiger partial charge on any atom is 0.397 e. The van der Waals surface area contributed by atoms with Crippen LogP contribution in [0.15, 0.2) is 66.3 Å². The van der Waals surface area contributed by atoms with Crippen molar-refractivity contribution in [3.8, 4) is 11.5 Å². The summed E-state index contributed by atoms with van der Waals surface area (Å²) in [6.45, 7) is -0.973. The van der Waals surface area contributed by atoms with Crippen molar-refractivity contribution in [2.24, 2.45) is 15.2 Å². The number of azo groups is 1. The van der Waals surface area contributed by atoms with Gasteiger partial charge in [0.15, 0.2) is 21.5 Å². The van der Waals surface area contributed by atoms with Gasteiger partial charge in [-0.05, 0) is 48.0 Å². The highest BCUT2D eigenvalue weighted by Crippen LogP contribution is 2.45. The van der Waals surface area contributed by atoms with E-state index in [1.807, 2.05) is 0 Å². The predicted octanol–water partition coefficient (Wildman–Crippen LogP) is 2.33. The lowest BCUT2D eigenvalue weighted by molar-refractivity contribution is 0.284. The van der Waals surface area contributed by atoms with Crippen molar-refractivity contribution < 1.29 is 61.4 Å². The Bertz CT molecular complexity index is 2560. The molecule has 0 bridgehead atoms. The molecule has 1 heterocycles. The maximum atomic E-state index is 12.7. The maximum absolute atomic E-state index is 12.7. The Hall–Kier alpha value is -4.76. The second-order valence-electron chi connectivity index (χ2n) is 9.18. The molecule has 4 aromatic rings. The summed E-state index contributed by atoms with van der Waals surface area (Å²) in [7, 11) is -19.4. The SMILES string of the molecule is COc1ccc(S(=O)(=O)CCOS(=O)(=O)O)cc1N=Nc1c(S(=O)(=O)[O-])cc2c(S(=O)(=O)[O-])c(Nc3nc(Cl)nc(N=C=[N-])n3)ccc2c1O. The minimum absolute atomic E-state index is 0.173. The summed E-state index contributed by atoms with van der Waals surface area (Å²) in [5, 5.41) is 27.6. The lowest BCUT2D eigenvalue weighted by atomic mass is 10.1. The number of methoxy groups -OCH3 is 1. The van der Waals surface area contributed by atoms with Crippen molar-refractivity contribution >= 4 is 97.8 Å². The number of nitrogens with zero attached hydrogens (tertiary/aromatic N) is 7. The molecule has 0 aliphatic rings. The topological polar surface area (TPSA) is 352 Å². The molecular weight excluding hydrogens is 776 g/mol. The van der Waals surface area contributed by atoms with Gasteiger partial charge >= 0.3 is 10.4 Å². The van der Waals surface area contributed by atoms with Crippen LogP contribution in [0.4, 0.5) is 29.0 Å². The van der Waals surface area contributed by atoms with Crippen LogP contribution in [0.25, 0.3) is 16.2 Å². The highest BCUT2D eigenvalue weighted by Gasteiger charge is 2.24. The summed E-state index contributed by atoms with van der Waals surface area (Å²) in [4.78, 5) is 11.1. The van der Waals surface area contributed by atoms with Crippen molar-refractivity contribution in [2.75, 3.05) is 24.8 Å². The first-order valence-electron chi connectivity index (χ1n) is 12.6. The number of hydrogen-bond donors (Lipinski definition) is 3. The van der Waals surface area contributed by atoms with Crippen LogP contribution in [-0.4, -0.2) is 92.9 Å². The Labute approximate surface area is 286 Å². The molecule has 0 saturated heterocycles. The van der Waals surface area contributed by atoms with E-state index < -0.39 is 118 Å². The number of aromatic nitrogens is 3. The van der Waals surface area contributed by atoms with Gasteiger partial charge in [0.2, 0.25) is 11.2 Å². The summed E-state index contributed by atoms with van der Waals surface area (Å²) in [5.74, 6) is -3.33. The van der Waals surface area contributed by atoms with Gasteiger partial charge in [-0.3, -0.25) is 4.55 Å². The predicted molar refractivity (Wildman–Crippen MR) is 167 cm³/mol. The van der Waals surface area contributed by atoms with Crippen molar-refractivity contribution in [1.29, 1.82) is 0 Å². The number of ether oxygens (including phenoxy) is 1. The molecule has 266 valence electrons. The number of benzene rings is 3. The minimum atomic E-state index is -5.66. The van der Waals surface area contributed by atoms with Crippen molar-refractivity contribution in [3.63, 3.8) is 0 Å². The Kier molecular flexibility index (Phi) is 10.8. The van der Waals surface area contributed by atoms with Gasteiger partial charge in [0, 0.05) is 10.8 Å². The van der Waals surface area contributed by atoms with Gasteiger partial charge in [0.05, 0.1) is 39.8 Å². The van der Waals surface area contributed by atoms with E-state index in [0.717, 1.165) is 37.4 Å². The van der Waals surface area contributed by atoms with Gasteiger partial charge in [-0.2, -0.15) is 18.4 Å². The Morgan fingerprint density at radius 1 is 0.960 bits per heavy atom. The Morgan fingerprint density at radius 2 is 1.66 bits per heavy atom. The molecule has 0 atom stereocenters. The largest absolute Gasteiger partial charge is 0.744 e. The Balaban J connectivity index is 1.90. The molecule has 0 unspecified atom stereocenters. The smallest absolute Gasteiger partial charge is 0.397 e. The lowest BCUT2D eigenvalue weighted by Crippen LogP contribution is -2.15. The van der Waals surface area contributed by atoms with Gasteiger partial charge in [-0.15, -0.1) is 16.2 Å². The van der Waals surface area contributed by atoms with Crippen LogP contribution >= 0.6 is 11.6 Å². The summed E-state index contributed by atoms with van der Waals surface area (Å²) in [5.41, 5.74) is -2.10. The number of phenols is 1. The molecule has 27 heteroatoms. The monoisotopic (exact) mass is 791 g/mol. The number of sulfone groups is 1. The molecule has 0 saturated carbocycles. The normalized spacial score (nSPS) is 12.6. The zero-order valence-corrected chi connectivity index (χ0v) is 28.3. The number of phenolic OH excluding ortho intramolecular Hbond substituents is 1. The fourth-order valence-electron chi connectivity index (χ4n) is 4.07. The molecule has 1 aromatic heterocycles. The second kappa shape index (κ2) is 14.2. The zero-order valence-electron chi connectivity index (χ0n) is 24.3. The molecular formula is C23H16ClN8O14S4-3. The van der Waals surface area contributed by atoms with Crippen LogP contribution in [-0.2, 0) is 44.7 Å². The zero-order chi connectivity index (χ0) is 37.2. The third kappa shape index (κ3) is 8.87. The number of fused-ring (bicyclic) bond motifs is 1. The van der Waals surface area contributed by atoms with Crippen LogP contribution < -0.4 is 10.1 Å². The first-order valence-corrected chi connectivity index (χ1v) is 18.8. The van der Waals surface area contributed by atoms with Crippen molar-refractivity contribution in [1.82, 2.24) is 15.0 Å². The van der Waals surface area contributed by atoms with Gasteiger partial charge in [-0.25, -0.2) is 34.4 Å².